The Morgan fingerprint density at radius 2 is 1.90 bits per heavy atom. The highest BCUT2D eigenvalue weighted by Gasteiger charge is 2.30. The molecule has 0 bridgehead atoms. The normalized spacial score (nSPS) is 12.9. The molecule has 1 unspecified atom stereocenters. The predicted octanol–water partition coefficient (Wildman–Crippen LogP) is 4.01. The third-order valence-electron chi connectivity index (χ3n) is 2.78. The molecule has 0 radical (unpaired) electrons. The van der Waals surface area contributed by atoms with Crippen molar-refractivity contribution in [2.24, 2.45) is 0 Å². The molecule has 1 atom stereocenters. The summed E-state index contributed by atoms with van der Waals surface area (Å²) >= 11 is 1.29. The number of ether oxygens (including phenoxy) is 1. The van der Waals surface area contributed by atoms with Gasteiger partial charge in [-0.3, -0.25) is 4.79 Å². The van der Waals surface area contributed by atoms with Gasteiger partial charge in [-0.25, -0.2) is 0 Å². The van der Waals surface area contributed by atoms with Crippen LogP contribution in [0.3, 0.4) is 0 Å². The van der Waals surface area contributed by atoms with Gasteiger partial charge in [-0.05, 0) is 35.7 Å². The van der Waals surface area contributed by atoms with Crippen LogP contribution in [0, 0.1) is 0 Å². The summed E-state index contributed by atoms with van der Waals surface area (Å²) in [5.74, 6) is -1.68. The van der Waals surface area contributed by atoms with E-state index in [1.165, 1.54) is 23.5 Å². The third-order valence-corrected chi connectivity index (χ3v) is 3.77. The van der Waals surface area contributed by atoms with Crippen molar-refractivity contribution in [3.63, 3.8) is 0 Å². The van der Waals surface area contributed by atoms with Crippen LogP contribution in [-0.2, 0) is 11.0 Å². The molecule has 2 aromatic rings. The fraction of sp³-hybridized carbons (Fsp3) is 0.214. The van der Waals surface area contributed by atoms with Crippen molar-refractivity contribution >= 4 is 17.3 Å². The molecule has 1 aromatic carbocycles. The highest BCUT2D eigenvalue weighted by Crippen LogP contribution is 2.30. The Kier molecular flexibility index (Phi) is 4.52. The maximum Gasteiger partial charge on any atom is 0.416 e. The zero-order chi connectivity index (χ0) is 15.5. The number of rotatable bonds is 5. The number of carbonyl (C=O) groups is 1. The SMILES string of the molecule is O=C(O)C(COc1ccc(C(F)(F)F)cc1)c1cccs1. The summed E-state index contributed by atoms with van der Waals surface area (Å²) in [7, 11) is 0. The largest absolute Gasteiger partial charge is 0.492 e. The Morgan fingerprint density at radius 1 is 1.24 bits per heavy atom. The summed E-state index contributed by atoms with van der Waals surface area (Å²) in [6, 6.07) is 7.56. The highest BCUT2D eigenvalue weighted by atomic mass is 32.1. The number of hydrogen-bond acceptors (Lipinski definition) is 3. The summed E-state index contributed by atoms with van der Waals surface area (Å²) in [5, 5.41) is 10.9. The van der Waals surface area contributed by atoms with Crippen molar-refractivity contribution in [3.05, 3.63) is 52.2 Å². The molecule has 0 spiro atoms. The molecule has 1 aromatic heterocycles. The molecule has 3 nitrogen and oxygen atoms in total. The van der Waals surface area contributed by atoms with Gasteiger partial charge in [0, 0.05) is 4.88 Å². The number of hydrogen-bond donors (Lipinski definition) is 1. The minimum absolute atomic E-state index is 0.138. The standard InChI is InChI=1S/C14H11F3O3S/c15-14(16,17)9-3-5-10(6-4-9)20-8-11(13(18)19)12-2-1-7-21-12/h1-7,11H,8H2,(H,18,19). The number of aliphatic carboxylic acids is 1. The average Bonchev–Trinajstić information content (AvgIpc) is 2.92. The van der Waals surface area contributed by atoms with E-state index in [-0.39, 0.29) is 12.4 Å². The Labute approximate surface area is 122 Å². The summed E-state index contributed by atoms with van der Waals surface area (Å²) in [6.07, 6.45) is -4.40. The molecule has 0 aliphatic heterocycles. The van der Waals surface area contributed by atoms with E-state index < -0.39 is 23.6 Å². The van der Waals surface area contributed by atoms with E-state index in [1.54, 1.807) is 17.5 Å². The maximum absolute atomic E-state index is 12.4. The van der Waals surface area contributed by atoms with Crippen LogP contribution in [0.15, 0.2) is 41.8 Å². The summed E-state index contributed by atoms with van der Waals surface area (Å²) in [5.41, 5.74) is -0.775. The van der Waals surface area contributed by atoms with Gasteiger partial charge in [0.2, 0.25) is 0 Å². The molecule has 112 valence electrons. The van der Waals surface area contributed by atoms with Gasteiger partial charge < -0.3 is 9.84 Å². The van der Waals surface area contributed by atoms with Crippen LogP contribution in [0.4, 0.5) is 13.2 Å². The molecule has 0 saturated carbocycles. The fourth-order valence-electron chi connectivity index (χ4n) is 1.68. The van der Waals surface area contributed by atoms with Gasteiger partial charge in [0.05, 0.1) is 5.56 Å². The molecular weight excluding hydrogens is 305 g/mol. The van der Waals surface area contributed by atoms with Crippen molar-refractivity contribution in [3.8, 4) is 5.75 Å². The number of alkyl halides is 3. The number of carboxylic acid groups (broad SMARTS) is 1. The van der Waals surface area contributed by atoms with Gasteiger partial charge in [0.1, 0.15) is 18.3 Å². The smallest absolute Gasteiger partial charge is 0.416 e. The first-order valence-corrected chi connectivity index (χ1v) is 6.82. The Hall–Kier alpha value is -2.02. The van der Waals surface area contributed by atoms with E-state index in [0.717, 1.165) is 12.1 Å². The first-order valence-electron chi connectivity index (χ1n) is 5.94. The van der Waals surface area contributed by atoms with Crippen molar-refractivity contribution in [2.75, 3.05) is 6.61 Å². The topological polar surface area (TPSA) is 46.5 Å². The first-order chi connectivity index (χ1) is 9.88. The van der Waals surface area contributed by atoms with E-state index in [0.29, 0.717) is 4.88 Å². The van der Waals surface area contributed by atoms with Crippen molar-refractivity contribution < 1.29 is 27.8 Å². The number of benzene rings is 1. The lowest BCUT2D eigenvalue weighted by Gasteiger charge is -2.13. The Morgan fingerprint density at radius 3 is 2.38 bits per heavy atom. The zero-order valence-electron chi connectivity index (χ0n) is 10.6. The molecule has 2 rings (SSSR count). The van der Waals surface area contributed by atoms with E-state index in [9.17, 15) is 18.0 Å². The van der Waals surface area contributed by atoms with Crippen LogP contribution in [0.2, 0.25) is 0 Å². The van der Waals surface area contributed by atoms with Gasteiger partial charge in [0.15, 0.2) is 0 Å². The number of thiophene rings is 1. The molecule has 0 amide bonds. The highest BCUT2D eigenvalue weighted by molar-refractivity contribution is 7.10. The van der Waals surface area contributed by atoms with Crippen LogP contribution in [-0.4, -0.2) is 17.7 Å². The summed E-state index contributed by atoms with van der Waals surface area (Å²) in [6.45, 7) is -0.138. The van der Waals surface area contributed by atoms with Crippen LogP contribution >= 0.6 is 11.3 Å². The van der Waals surface area contributed by atoms with Crippen LogP contribution in [0.1, 0.15) is 16.4 Å². The van der Waals surface area contributed by atoms with Crippen LogP contribution in [0.5, 0.6) is 5.75 Å². The van der Waals surface area contributed by atoms with E-state index in [4.69, 9.17) is 9.84 Å². The van der Waals surface area contributed by atoms with Crippen LogP contribution < -0.4 is 4.74 Å². The van der Waals surface area contributed by atoms with Crippen molar-refractivity contribution in [1.29, 1.82) is 0 Å². The number of halogens is 3. The van der Waals surface area contributed by atoms with E-state index >= 15 is 0 Å². The second-order valence-corrected chi connectivity index (χ2v) is 5.22. The van der Waals surface area contributed by atoms with Gasteiger partial charge in [-0.15, -0.1) is 11.3 Å². The fourth-order valence-corrected chi connectivity index (χ4v) is 2.49. The summed E-state index contributed by atoms with van der Waals surface area (Å²) in [4.78, 5) is 11.8. The second-order valence-electron chi connectivity index (χ2n) is 4.24. The lowest BCUT2D eigenvalue weighted by molar-refractivity contribution is -0.139. The Bertz CT molecular complexity index is 591. The monoisotopic (exact) mass is 316 g/mol. The van der Waals surface area contributed by atoms with Crippen molar-refractivity contribution in [2.45, 2.75) is 12.1 Å². The van der Waals surface area contributed by atoms with E-state index in [1.807, 2.05) is 0 Å². The minimum Gasteiger partial charge on any atom is -0.492 e. The molecule has 0 saturated heterocycles. The molecule has 21 heavy (non-hydrogen) atoms. The van der Waals surface area contributed by atoms with Gasteiger partial charge in [-0.2, -0.15) is 13.2 Å². The predicted molar refractivity (Wildman–Crippen MR) is 71.6 cm³/mol. The van der Waals surface area contributed by atoms with Gasteiger partial charge in [-0.1, -0.05) is 6.07 Å². The molecule has 1 N–H and O–H groups in total. The van der Waals surface area contributed by atoms with Crippen molar-refractivity contribution in [1.82, 2.24) is 0 Å². The average molecular weight is 316 g/mol. The first kappa shape index (κ1) is 15.4. The quantitative estimate of drug-likeness (QED) is 0.906. The molecule has 1 heterocycles. The second kappa shape index (κ2) is 6.17. The maximum atomic E-state index is 12.4. The number of carboxylic acids is 1. The minimum atomic E-state index is -4.40. The Balaban J connectivity index is 2.03. The zero-order valence-corrected chi connectivity index (χ0v) is 11.4. The molecule has 7 heteroatoms. The molecule has 0 aliphatic rings. The van der Waals surface area contributed by atoms with Gasteiger partial charge in [0.25, 0.3) is 0 Å². The third kappa shape index (κ3) is 3.98. The molecule has 0 aliphatic carbocycles. The van der Waals surface area contributed by atoms with E-state index in [2.05, 4.69) is 0 Å². The van der Waals surface area contributed by atoms with Gasteiger partial charge >= 0.3 is 12.1 Å². The lowest BCUT2D eigenvalue weighted by Crippen LogP contribution is -2.18. The lowest BCUT2D eigenvalue weighted by atomic mass is 10.1. The molecular formula is C14H11F3O3S. The summed E-state index contributed by atoms with van der Waals surface area (Å²) < 4.78 is 42.5. The van der Waals surface area contributed by atoms with Crippen LogP contribution in [0.25, 0.3) is 0 Å². The molecule has 0 fully saturated rings.